The van der Waals surface area contributed by atoms with Gasteiger partial charge in [0, 0.05) is 86.2 Å². The Kier molecular flexibility index (Phi) is 14.3. The van der Waals surface area contributed by atoms with Crippen LogP contribution in [0.1, 0.15) is 97.7 Å². The Hall–Kier alpha value is -5.63. The SMILES string of the molecule is Cc1cc(C)n(-c2cc(Cl)cc(NC3CCC(F)(F)CC3)n2)n1.Cc1cc(C)n(-c2cc(OCc3nnc(C)o3)cc(NC3CCC(F)(F)CC3)n2)n1.Cc1nnc(CO)o1. The van der Waals surface area contributed by atoms with Crippen molar-refractivity contribution >= 4 is 23.2 Å². The van der Waals surface area contributed by atoms with Gasteiger partial charge in [0.05, 0.1) is 11.4 Å². The van der Waals surface area contributed by atoms with Gasteiger partial charge in [0.15, 0.2) is 18.2 Å². The van der Waals surface area contributed by atoms with Gasteiger partial charge < -0.3 is 29.3 Å². The average molecular weight is 873 g/mol. The smallest absolute Gasteiger partial charge is 0.253 e. The third kappa shape index (κ3) is 12.9. The highest BCUT2D eigenvalue weighted by Gasteiger charge is 2.36. The second-order valence-electron chi connectivity index (χ2n) is 15.2. The molecule has 0 unspecified atom stereocenters. The maximum atomic E-state index is 13.5. The van der Waals surface area contributed by atoms with E-state index in [4.69, 9.17) is 30.3 Å². The lowest BCUT2D eigenvalue weighted by Crippen LogP contribution is -2.32. The number of aryl methyl sites for hydroxylation is 6. The summed E-state index contributed by atoms with van der Waals surface area (Å²) in [6, 6.07) is 10.8. The zero-order chi connectivity index (χ0) is 43.9. The van der Waals surface area contributed by atoms with Gasteiger partial charge in [0.2, 0.25) is 29.5 Å². The maximum absolute atomic E-state index is 13.5. The fourth-order valence-corrected chi connectivity index (χ4v) is 7.08. The molecule has 2 fully saturated rings. The minimum atomic E-state index is -2.58. The minimum absolute atomic E-state index is 0.00565. The zero-order valence-corrected chi connectivity index (χ0v) is 35.5. The first-order chi connectivity index (χ1) is 28.9. The Bertz CT molecular complexity index is 2360. The van der Waals surface area contributed by atoms with E-state index < -0.39 is 11.8 Å². The molecule has 0 saturated heterocycles. The fraction of sp³-hybridized carbons (Fsp3) is 0.500. The van der Waals surface area contributed by atoms with Crippen LogP contribution in [0.3, 0.4) is 0 Å². The van der Waals surface area contributed by atoms with E-state index in [1.54, 1.807) is 47.5 Å². The first-order valence-corrected chi connectivity index (χ1v) is 20.2. The molecule has 61 heavy (non-hydrogen) atoms. The van der Waals surface area contributed by atoms with Crippen molar-refractivity contribution in [3.63, 3.8) is 0 Å². The second-order valence-corrected chi connectivity index (χ2v) is 15.6. The molecule has 6 heterocycles. The number of hydrogen-bond acceptors (Lipinski definition) is 14. The van der Waals surface area contributed by atoms with E-state index in [1.165, 1.54) is 0 Å². The fourth-order valence-electron chi connectivity index (χ4n) is 6.87. The number of nitrogens with one attached hydrogen (secondary N) is 2. The van der Waals surface area contributed by atoms with Crippen molar-refractivity contribution in [1.29, 1.82) is 0 Å². The Morgan fingerprint density at radius 3 is 1.54 bits per heavy atom. The molecule has 21 heteroatoms. The molecule has 3 N–H and O–H groups in total. The molecule has 0 spiro atoms. The lowest BCUT2D eigenvalue weighted by Gasteiger charge is -2.29. The van der Waals surface area contributed by atoms with Gasteiger partial charge in [-0.25, -0.2) is 36.9 Å². The van der Waals surface area contributed by atoms with Crippen LogP contribution < -0.4 is 15.4 Å². The molecule has 0 bridgehead atoms. The molecule has 0 radical (unpaired) electrons. The number of alkyl halides is 4. The molecular weight excluding hydrogens is 824 g/mol. The molecule has 0 aromatic carbocycles. The van der Waals surface area contributed by atoms with E-state index in [0.29, 0.717) is 77.4 Å². The van der Waals surface area contributed by atoms with Crippen LogP contribution in [-0.4, -0.2) is 79.0 Å². The molecule has 6 aromatic rings. The molecule has 6 aromatic heterocycles. The summed E-state index contributed by atoms with van der Waals surface area (Å²) < 4.78 is 72.8. The number of pyridine rings is 2. The number of rotatable bonds is 10. The van der Waals surface area contributed by atoms with Gasteiger partial charge >= 0.3 is 0 Å². The first kappa shape index (κ1) is 44.9. The molecule has 2 aliphatic rings. The molecular formula is C40H49ClF4N12O4. The number of anilines is 2. The monoisotopic (exact) mass is 872 g/mol. The Morgan fingerprint density at radius 2 is 1.13 bits per heavy atom. The standard InChI is InChI=1S/C20H24F2N6O2.C16H19ClF2N4.C4H6N2O2/c1-12-8-13(2)28(27-12)18-10-16(29-11-19-26-25-14(3)30-19)9-17(24-18)23-15-4-6-20(21,22)7-5-15;1-10-7-11(2)23(22-10)15-9-12(17)8-14(21-15)20-13-3-5-16(18,19)6-4-13;1-3-5-6-4(2-7)8-3/h8-10,15H,4-7,11H2,1-3H3,(H,23,24);7-9,13H,3-6H2,1-2H3,(H,20,21);7H,2H2,1H3. The molecule has 328 valence electrons. The van der Waals surface area contributed by atoms with E-state index in [2.05, 4.69) is 51.2 Å². The predicted octanol–water partition coefficient (Wildman–Crippen LogP) is 8.54. The van der Waals surface area contributed by atoms with Crippen LogP contribution in [0.4, 0.5) is 29.2 Å². The summed E-state index contributed by atoms with van der Waals surface area (Å²) in [6.07, 6.45) is 1.20. The highest BCUT2D eigenvalue weighted by atomic mass is 35.5. The highest BCUT2D eigenvalue weighted by molar-refractivity contribution is 6.31. The average Bonchev–Trinajstić information content (AvgIpc) is 3.99. The summed E-state index contributed by atoms with van der Waals surface area (Å²) in [5.41, 5.74) is 3.65. The van der Waals surface area contributed by atoms with Crippen LogP contribution in [0.5, 0.6) is 5.75 Å². The summed E-state index contributed by atoms with van der Waals surface area (Å²) in [4.78, 5) is 9.16. The summed E-state index contributed by atoms with van der Waals surface area (Å²) >= 11 is 6.18. The summed E-state index contributed by atoms with van der Waals surface area (Å²) in [5.74, 6) is -0.673. The molecule has 0 atom stereocenters. The van der Waals surface area contributed by atoms with E-state index >= 15 is 0 Å². The van der Waals surface area contributed by atoms with Crippen molar-refractivity contribution in [3.8, 4) is 17.4 Å². The highest BCUT2D eigenvalue weighted by Crippen LogP contribution is 2.36. The molecule has 0 aliphatic heterocycles. The van der Waals surface area contributed by atoms with Gasteiger partial charge in [0.25, 0.3) is 5.89 Å². The number of aliphatic hydroxyl groups excluding tert-OH is 1. The van der Waals surface area contributed by atoms with Crippen LogP contribution in [0.25, 0.3) is 11.6 Å². The summed E-state index contributed by atoms with van der Waals surface area (Å²) in [5, 5.41) is 39.0. The summed E-state index contributed by atoms with van der Waals surface area (Å²) in [7, 11) is 0. The van der Waals surface area contributed by atoms with Gasteiger partial charge in [-0.05, 0) is 71.6 Å². The van der Waals surface area contributed by atoms with Crippen molar-refractivity contribution in [2.45, 2.75) is 130 Å². The van der Waals surface area contributed by atoms with Gasteiger partial charge in [-0.15, -0.1) is 20.4 Å². The predicted molar refractivity (Wildman–Crippen MR) is 217 cm³/mol. The van der Waals surface area contributed by atoms with Gasteiger partial charge in [0.1, 0.15) is 24.0 Å². The van der Waals surface area contributed by atoms with Crippen molar-refractivity contribution in [3.05, 3.63) is 87.8 Å². The minimum Gasteiger partial charge on any atom is -0.484 e. The van der Waals surface area contributed by atoms with E-state index in [0.717, 1.165) is 22.8 Å². The number of halogens is 5. The number of nitrogens with zero attached hydrogens (tertiary/aromatic N) is 10. The summed E-state index contributed by atoms with van der Waals surface area (Å²) in [6.45, 7) is 11.0. The van der Waals surface area contributed by atoms with Gasteiger partial charge in [-0.2, -0.15) is 10.2 Å². The number of aliphatic hydroxyl groups is 1. The third-order valence-corrected chi connectivity index (χ3v) is 10.0. The lowest BCUT2D eigenvalue weighted by molar-refractivity contribution is -0.0366. The van der Waals surface area contributed by atoms with Crippen molar-refractivity contribution < 1.29 is 36.2 Å². The molecule has 2 saturated carbocycles. The van der Waals surface area contributed by atoms with Crippen molar-refractivity contribution in [2.24, 2.45) is 0 Å². The van der Waals surface area contributed by atoms with Crippen LogP contribution >= 0.6 is 11.6 Å². The van der Waals surface area contributed by atoms with E-state index in [1.807, 2.05) is 39.8 Å². The van der Waals surface area contributed by atoms with Crippen LogP contribution in [0, 0.1) is 41.5 Å². The maximum Gasteiger partial charge on any atom is 0.253 e. The quantitative estimate of drug-likeness (QED) is 0.111. The zero-order valence-electron chi connectivity index (χ0n) is 34.7. The molecule has 2 aliphatic carbocycles. The molecule has 8 rings (SSSR count). The Morgan fingerprint density at radius 1 is 0.672 bits per heavy atom. The van der Waals surface area contributed by atoms with E-state index in [-0.39, 0.29) is 56.9 Å². The van der Waals surface area contributed by atoms with Crippen molar-refractivity contribution in [1.82, 2.24) is 49.9 Å². The Labute approximate surface area is 354 Å². The number of ether oxygens (including phenoxy) is 1. The second kappa shape index (κ2) is 19.4. The number of hydrogen-bond donors (Lipinski definition) is 3. The largest absolute Gasteiger partial charge is 0.484 e. The van der Waals surface area contributed by atoms with Crippen LogP contribution in [0.2, 0.25) is 5.02 Å². The lowest BCUT2D eigenvalue weighted by atomic mass is 9.92. The van der Waals surface area contributed by atoms with Crippen molar-refractivity contribution in [2.75, 3.05) is 10.6 Å². The number of aromatic nitrogens is 10. The third-order valence-electron chi connectivity index (χ3n) is 9.79. The Balaban J connectivity index is 0.000000177. The van der Waals surface area contributed by atoms with Crippen LogP contribution in [-0.2, 0) is 13.2 Å². The van der Waals surface area contributed by atoms with Crippen LogP contribution in [0.15, 0.2) is 45.2 Å². The molecule has 0 amide bonds. The normalized spacial score (nSPS) is 16.3. The van der Waals surface area contributed by atoms with E-state index in [9.17, 15) is 17.6 Å². The first-order valence-electron chi connectivity index (χ1n) is 19.8. The molecule has 16 nitrogen and oxygen atoms in total. The topological polar surface area (TPSA) is 193 Å². The van der Waals surface area contributed by atoms with Gasteiger partial charge in [-0.3, -0.25) is 0 Å². The van der Waals surface area contributed by atoms with Gasteiger partial charge in [-0.1, -0.05) is 11.6 Å².